The van der Waals surface area contributed by atoms with Crippen molar-refractivity contribution in [2.24, 2.45) is 0 Å². The Morgan fingerprint density at radius 1 is 1.38 bits per heavy atom. The van der Waals surface area contributed by atoms with Gasteiger partial charge in [0.05, 0.1) is 7.11 Å². The zero-order valence-electron chi connectivity index (χ0n) is 7.62. The number of esters is 1. The van der Waals surface area contributed by atoms with E-state index in [0.29, 0.717) is 12.0 Å². The first kappa shape index (κ1) is 9.52. The first-order chi connectivity index (χ1) is 6.24. The minimum Gasteiger partial charge on any atom is -0.466 e. The number of carbonyl (C=O) groups is 1. The average Bonchev–Trinajstić information content (AvgIpc) is 2.18. The predicted molar refractivity (Wildman–Crippen MR) is 51.3 cm³/mol. The van der Waals surface area contributed by atoms with Crippen molar-refractivity contribution in [3.63, 3.8) is 0 Å². The van der Waals surface area contributed by atoms with Gasteiger partial charge in [0, 0.05) is 12.0 Å². The van der Waals surface area contributed by atoms with Crippen molar-refractivity contribution in [2.75, 3.05) is 7.11 Å². The highest BCUT2D eigenvalue weighted by molar-refractivity contribution is 5.88. The molecule has 0 fully saturated rings. The number of rotatable bonds is 3. The minimum absolute atomic E-state index is 0.344. The van der Waals surface area contributed by atoms with Crippen LogP contribution in [0.4, 0.5) is 0 Å². The molecule has 0 heterocycles. The van der Waals surface area contributed by atoms with Crippen molar-refractivity contribution < 1.29 is 9.53 Å². The van der Waals surface area contributed by atoms with Gasteiger partial charge in [0.1, 0.15) is 0 Å². The lowest BCUT2D eigenvalue weighted by atomic mass is 10.1. The summed E-state index contributed by atoms with van der Waals surface area (Å²) < 4.78 is 4.55. The molecular weight excluding hydrogens is 164 g/mol. The van der Waals surface area contributed by atoms with E-state index < -0.39 is 0 Å². The van der Waals surface area contributed by atoms with Crippen molar-refractivity contribution >= 4 is 5.97 Å². The molecule has 0 saturated carbocycles. The first-order valence-corrected chi connectivity index (χ1v) is 4.04. The quantitative estimate of drug-likeness (QED) is 0.519. The SMILES string of the molecule is C=C(Cc1ccccc1)C(=O)OC. The third-order valence-electron chi connectivity index (χ3n) is 1.73. The number of benzene rings is 1. The monoisotopic (exact) mass is 176 g/mol. The molecule has 0 aliphatic rings. The fraction of sp³-hybridized carbons (Fsp3) is 0.182. The summed E-state index contributed by atoms with van der Waals surface area (Å²) in [5.74, 6) is -0.344. The minimum atomic E-state index is -0.344. The topological polar surface area (TPSA) is 26.3 Å². The number of ether oxygens (including phenoxy) is 1. The molecule has 0 bridgehead atoms. The summed E-state index contributed by atoms with van der Waals surface area (Å²) in [5, 5.41) is 0. The third kappa shape index (κ3) is 2.75. The van der Waals surface area contributed by atoms with Gasteiger partial charge in [0.25, 0.3) is 0 Å². The van der Waals surface area contributed by atoms with Crippen molar-refractivity contribution in [3.8, 4) is 0 Å². The molecule has 0 aromatic heterocycles. The summed E-state index contributed by atoms with van der Waals surface area (Å²) in [4.78, 5) is 11.0. The van der Waals surface area contributed by atoms with E-state index in [2.05, 4.69) is 11.3 Å². The molecule has 2 heteroatoms. The maximum Gasteiger partial charge on any atom is 0.333 e. The standard InChI is InChI=1S/C11H12O2/c1-9(11(12)13-2)8-10-6-4-3-5-7-10/h3-7H,1,8H2,2H3. The molecule has 0 saturated heterocycles. The van der Waals surface area contributed by atoms with Crippen LogP contribution in [0.3, 0.4) is 0 Å². The molecular formula is C11H12O2. The number of hydrogen-bond donors (Lipinski definition) is 0. The van der Waals surface area contributed by atoms with E-state index in [4.69, 9.17) is 0 Å². The van der Waals surface area contributed by atoms with E-state index in [9.17, 15) is 4.79 Å². The summed E-state index contributed by atoms with van der Waals surface area (Å²) in [5.41, 5.74) is 1.55. The lowest BCUT2D eigenvalue weighted by Crippen LogP contribution is -2.05. The largest absolute Gasteiger partial charge is 0.466 e. The van der Waals surface area contributed by atoms with E-state index >= 15 is 0 Å². The Balaban J connectivity index is 2.60. The van der Waals surface area contributed by atoms with Crippen LogP contribution >= 0.6 is 0 Å². The summed E-state index contributed by atoms with van der Waals surface area (Å²) in [6.07, 6.45) is 0.549. The van der Waals surface area contributed by atoms with Crippen molar-refractivity contribution in [2.45, 2.75) is 6.42 Å². The van der Waals surface area contributed by atoms with Crippen LogP contribution in [0.5, 0.6) is 0 Å². The summed E-state index contributed by atoms with van der Waals surface area (Å²) in [6, 6.07) is 9.70. The Hall–Kier alpha value is -1.57. The van der Waals surface area contributed by atoms with Crippen molar-refractivity contribution in [1.29, 1.82) is 0 Å². The van der Waals surface area contributed by atoms with Gasteiger partial charge in [-0.15, -0.1) is 0 Å². The van der Waals surface area contributed by atoms with E-state index in [1.54, 1.807) is 0 Å². The molecule has 68 valence electrons. The molecule has 0 aliphatic heterocycles. The second-order valence-electron chi connectivity index (χ2n) is 2.76. The Kier molecular flexibility index (Phi) is 3.26. The highest BCUT2D eigenvalue weighted by Crippen LogP contribution is 2.06. The van der Waals surface area contributed by atoms with Gasteiger partial charge in [-0.05, 0) is 5.56 Å². The Morgan fingerprint density at radius 2 is 2.00 bits per heavy atom. The zero-order chi connectivity index (χ0) is 9.68. The second kappa shape index (κ2) is 4.45. The Morgan fingerprint density at radius 3 is 2.54 bits per heavy atom. The molecule has 0 aliphatic carbocycles. The molecule has 1 aromatic carbocycles. The maximum absolute atomic E-state index is 11.0. The fourth-order valence-corrected chi connectivity index (χ4v) is 1.06. The van der Waals surface area contributed by atoms with Crippen molar-refractivity contribution in [3.05, 3.63) is 48.0 Å². The molecule has 1 rings (SSSR count). The molecule has 0 radical (unpaired) electrons. The van der Waals surface area contributed by atoms with Gasteiger partial charge in [-0.2, -0.15) is 0 Å². The molecule has 0 N–H and O–H groups in total. The van der Waals surface area contributed by atoms with Gasteiger partial charge in [0.2, 0.25) is 0 Å². The van der Waals surface area contributed by atoms with Gasteiger partial charge in [-0.25, -0.2) is 4.79 Å². The Labute approximate surface area is 77.8 Å². The predicted octanol–water partition coefficient (Wildman–Crippen LogP) is 1.96. The third-order valence-corrected chi connectivity index (χ3v) is 1.73. The lowest BCUT2D eigenvalue weighted by molar-refractivity contribution is -0.136. The molecule has 0 atom stereocenters. The van der Waals surface area contributed by atoms with Gasteiger partial charge >= 0.3 is 5.97 Å². The molecule has 0 spiro atoms. The van der Waals surface area contributed by atoms with Crippen LogP contribution in [0.2, 0.25) is 0 Å². The Bertz CT molecular complexity index is 301. The molecule has 13 heavy (non-hydrogen) atoms. The van der Waals surface area contributed by atoms with Gasteiger partial charge in [0.15, 0.2) is 0 Å². The molecule has 0 amide bonds. The van der Waals surface area contributed by atoms with E-state index in [1.165, 1.54) is 7.11 Å². The smallest absolute Gasteiger partial charge is 0.333 e. The van der Waals surface area contributed by atoms with Gasteiger partial charge < -0.3 is 4.74 Å². The van der Waals surface area contributed by atoms with Crippen LogP contribution in [0, 0.1) is 0 Å². The molecule has 2 nitrogen and oxygen atoms in total. The van der Waals surface area contributed by atoms with Gasteiger partial charge in [-0.1, -0.05) is 36.9 Å². The van der Waals surface area contributed by atoms with Crippen molar-refractivity contribution in [1.82, 2.24) is 0 Å². The van der Waals surface area contributed by atoms with Gasteiger partial charge in [-0.3, -0.25) is 0 Å². The highest BCUT2D eigenvalue weighted by atomic mass is 16.5. The van der Waals surface area contributed by atoms with E-state index in [0.717, 1.165) is 5.56 Å². The van der Waals surface area contributed by atoms with E-state index in [1.807, 2.05) is 30.3 Å². The molecule has 0 unspecified atom stereocenters. The lowest BCUT2D eigenvalue weighted by Gasteiger charge is -2.02. The zero-order valence-corrected chi connectivity index (χ0v) is 7.62. The first-order valence-electron chi connectivity index (χ1n) is 4.04. The summed E-state index contributed by atoms with van der Waals surface area (Å²) in [6.45, 7) is 3.65. The average molecular weight is 176 g/mol. The van der Waals surface area contributed by atoms with E-state index in [-0.39, 0.29) is 5.97 Å². The van der Waals surface area contributed by atoms with Crippen LogP contribution in [-0.2, 0) is 16.0 Å². The van der Waals surface area contributed by atoms with Crippen LogP contribution < -0.4 is 0 Å². The normalized spacial score (nSPS) is 9.31. The number of carbonyl (C=O) groups excluding carboxylic acids is 1. The van der Waals surface area contributed by atoms with Crippen LogP contribution in [0.25, 0.3) is 0 Å². The fourth-order valence-electron chi connectivity index (χ4n) is 1.06. The second-order valence-corrected chi connectivity index (χ2v) is 2.76. The highest BCUT2D eigenvalue weighted by Gasteiger charge is 2.06. The van der Waals surface area contributed by atoms with Crippen LogP contribution in [0.1, 0.15) is 5.56 Å². The maximum atomic E-state index is 11.0. The molecule has 1 aromatic rings. The number of methoxy groups -OCH3 is 1. The van der Waals surface area contributed by atoms with Crippen LogP contribution in [0.15, 0.2) is 42.5 Å². The number of hydrogen-bond acceptors (Lipinski definition) is 2. The summed E-state index contributed by atoms with van der Waals surface area (Å²) in [7, 11) is 1.36. The summed E-state index contributed by atoms with van der Waals surface area (Å²) >= 11 is 0. The van der Waals surface area contributed by atoms with Crippen LogP contribution in [-0.4, -0.2) is 13.1 Å².